The highest BCUT2D eigenvalue weighted by Gasteiger charge is 2.18. The van der Waals surface area contributed by atoms with Gasteiger partial charge in [-0.1, -0.05) is 6.07 Å². The van der Waals surface area contributed by atoms with E-state index in [1.54, 1.807) is 18.2 Å². The minimum atomic E-state index is -0.525. The number of nitro benzene ring substituents is 1. The number of H-pyrrole nitrogens is 2. The molecule has 8 heteroatoms. The number of nitrogens with zero attached hydrogens (tertiary/aromatic N) is 1. The van der Waals surface area contributed by atoms with Crippen molar-refractivity contribution in [1.29, 1.82) is 0 Å². The first kappa shape index (κ1) is 14.5. The van der Waals surface area contributed by atoms with E-state index in [-0.39, 0.29) is 16.9 Å². The summed E-state index contributed by atoms with van der Waals surface area (Å²) >= 11 is 0. The van der Waals surface area contributed by atoms with E-state index in [2.05, 4.69) is 15.3 Å². The molecule has 0 aliphatic heterocycles. The van der Waals surface area contributed by atoms with Gasteiger partial charge in [0.15, 0.2) is 0 Å². The fourth-order valence-corrected chi connectivity index (χ4v) is 2.38. The van der Waals surface area contributed by atoms with Gasteiger partial charge in [-0.05, 0) is 31.2 Å². The SMILES string of the molecule is Cc1c(C(=O)Nc2ccc3[nH]c(=O)[nH]c3c2)cccc1[N+](=O)[O-]. The Morgan fingerprint density at radius 1 is 1.17 bits per heavy atom. The highest BCUT2D eigenvalue weighted by molar-refractivity contribution is 6.06. The number of nitrogens with one attached hydrogen (secondary N) is 3. The second-order valence-electron chi connectivity index (χ2n) is 5.00. The maximum absolute atomic E-state index is 12.3. The van der Waals surface area contributed by atoms with E-state index in [0.29, 0.717) is 22.3 Å². The fraction of sp³-hybridized carbons (Fsp3) is 0.0667. The third kappa shape index (κ3) is 2.69. The van der Waals surface area contributed by atoms with Gasteiger partial charge < -0.3 is 15.3 Å². The minimum absolute atomic E-state index is 0.108. The molecule has 0 atom stereocenters. The van der Waals surface area contributed by atoms with E-state index in [4.69, 9.17) is 0 Å². The molecule has 0 aliphatic rings. The Morgan fingerprint density at radius 3 is 2.65 bits per heavy atom. The van der Waals surface area contributed by atoms with Crippen LogP contribution in [0.25, 0.3) is 11.0 Å². The lowest BCUT2D eigenvalue weighted by molar-refractivity contribution is -0.385. The number of anilines is 1. The second kappa shape index (κ2) is 5.41. The molecule has 1 aromatic heterocycles. The van der Waals surface area contributed by atoms with Crippen molar-refractivity contribution in [1.82, 2.24) is 9.97 Å². The molecule has 0 unspecified atom stereocenters. The summed E-state index contributed by atoms with van der Waals surface area (Å²) in [5, 5.41) is 13.6. The number of hydrogen-bond donors (Lipinski definition) is 3. The van der Waals surface area contributed by atoms with Crippen LogP contribution in [0, 0.1) is 17.0 Å². The van der Waals surface area contributed by atoms with Crippen molar-refractivity contribution in [3.05, 3.63) is 68.1 Å². The van der Waals surface area contributed by atoms with Gasteiger partial charge in [0.25, 0.3) is 11.6 Å². The topological polar surface area (TPSA) is 121 Å². The molecule has 0 fully saturated rings. The molecule has 0 spiro atoms. The van der Waals surface area contributed by atoms with Gasteiger partial charge in [-0.15, -0.1) is 0 Å². The summed E-state index contributed by atoms with van der Waals surface area (Å²) in [6.45, 7) is 1.53. The highest BCUT2D eigenvalue weighted by Crippen LogP contribution is 2.22. The zero-order chi connectivity index (χ0) is 16.6. The molecule has 116 valence electrons. The molecular weight excluding hydrogens is 300 g/mol. The first-order valence-electron chi connectivity index (χ1n) is 6.73. The third-order valence-electron chi connectivity index (χ3n) is 3.52. The van der Waals surface area contributed by atoms with Crippen molar-refractivity contribution in [2.75, 3.05) is 5.32 Å². The molecule has 0 bridgehead atoms. The number of amides is 1. The molecule has 1 heterocycles. The monoisotopic (exact) mass is 312 g/mol. The van der Waals surface area contributed by atoms with Crippen LogP contribution in [0.2, 0.25) is 0 Å². The summed E-state index contributed by atoms with van der Waals surface area (Å²) in [5.41, 5.74) is 1.74. The van der Waals surface area contributed by atoms with E-state index in [1.165, 1.54) is 25.1 Å². The molecule has 3 aromatic rings. The summed E-state index contributed by atoms with van der Waals surface area (Å²) in [7, 11) is 0. The van der Waals surface area contributed by atoms with Crippen LogP contribution in [0.4, 0.5) is 11.4 Å². The Morgan fingerprint density at radius 2 is 1.91 bits per heavy atom. The highest BCUT2D eigenvalue weighted by atomic mass is 16.6. The summed E-state index contributed by atoms with van der Waals surface area (Å²) in [4.78, 5) is 39.2. The maximum Gasteiger partial charge on any atom is 0.323 e. The van der Waals surface area contributed by atoms with Crippen LogP contribution in [-0.4, -0.2) is 20.8 Å². The third-order valence-corrected chi connectivity index (χ3v) is 3.52. The first-order chi connectivity index (χ1) is 11.0. The van der Waals surface area contributed by atoms with Crippen LogP contribution in [-0.2, 0) is 0 Å². The van der Waals surface area contributed by atoms with Gasteiger partial charge in [0, 0.05) is 22.9 Å². The lowest BCUT2D eigenvalue weighted by Crippen LogP contribution is -2.14. The number of fused-ring (bicyclic) bond motifs is 1. The minimum Gasteiger partial charge on any atom is -0.322 e. The molecule has 8 nitrogen and oxygen atoms in total. The molecule has 0 aliphatic carbocycles. The molecule has 3 N–H and O–H groups in total. The largest absolute Gasteiger partial charge is 0.323 e. The zero-order valence-corrected chi connectivity index (χ0v) is 12.0. The summed E-state index contributed by atoms with van der Waals surface area (Å²) < 4.78 is 0. The van der Waals surface area contributed by atoms with Crippen molar-refractivity contribution < 1.29 is 9.72 Å². The van der Waals surface area contributed by atoms with Gasteiger partial charge >= 0.3 is 5.69 Å². The van der Waals surface area contributed by atoms with Crippen molar-refractivity contribution in [3.63, 3.8) is 0 Å². The van der Waals surface area contributed by atoms with Crippen molar-refractivity contribution in [2.45, 2.75) is 6.92 Å². The predicted octanol–water partition coefficient (Wildman–Crippen LogP) is 2.33. The van der Waals surface area contributed by atoms with Gasteiger partial charge in [-0.3, -0.25) is 14.9 Å². The van der Waals surface area contributed by atoms with Crippen molar-refractivity contribution in [3.8, 4) is 0 Å². The molecule has 2 aromatic carbocycles. The van der Waals surface area contributed by atoms with Crippen molar-refractivity contribution >= 4 is 28.3 Å². The Kier molecular flexibility index (Phi) is 3.41. The van der Waals surface area contributed by atoms with Gasteiger partial charge in [0.1, 0.15) is 0 Å². The van der Waals surface area contributed by atoms with E-state index < -0.39 is 10.8 Å². The van der Waals surface area contributed by atoms with Gasteiger partial charge in [-0.25, -0.2) is 4.79 Å². The van der Waals surface area contributed by atoms with E-state index >= 15 is 0 Å². The standard InChI is InChI=1S/C15H12N4O4/c1-8-10(3-2-4-13(8)19(22)23)14(20)16-9-5-6-11-12(7-9)18-15(21)17-11/h2-7H,1H3,(H,16,20)(H2,17,18,21). The number of rotatable bonds is 3. The lowest BCUT2D eigenvalue weighted by atomic mass is 10.1. The van der Waals surface area contributed by atoms with Crippen LogP contribution < -0.4 is 11.0 Å². The van der Waals surface area contributed by atoms with Crippen LogP contribution >= 0.6 is 0 Å². The molecule has 0 saturated carbocycles. The van der Waals surface area contributed by atoms with Crippen LogP contribution in [0.15, 0.2) is 41.2 Å². The number of hydrogen-bond acceptors (Lipinski definition) is 4. The summed E-state index contributed by atoms with van der Waals surface area (Å²) in [6, 6.07) is 9.24. The van der Waals surface area contributed by atoms with E-state index in [0.717, 1.165) is 0 Å². The lowest BCUT2D eigenvalue weighted by Gasteiger charge is -2.08. The number of aromatic nitrogens is 2. The van der Waals surface area contributed by atoms with Gasteiger partial charge in [0.2, 0.25) is 0 Å². The first-order valence-corrected chi connectivity index (χ1v) is 6.73. The molecule has 23 heavy (non-hydrogen) atoms. The quantitative estimate of drug-likeness (QED) is 0.507. The predicted molar refractivity (Wildman–Crippen MR) is 84.7 cm³/mol. The Labute approximate surface area is 129 Å². The number of benzene rings is 2. The fourth-order valence-electron chi connectivity index (χ4n) is 2.38. The smallest absolute Gasteiger partial charge is 0.322 e. The average Bonchev–Trinajstić information content (AvgIpc) is 2.86. The van der Waals surface area contributed by atoms with E-state index in [9.17, 15) is 19.7 Å². The Hall–Kier alpha value is -3.42. The van der Waals surface area contributed by atoms with E-state index in [1.807, 2.05) is 0 Å². The number of aromatic amines is 2. The van der Waals surface area contributed by atoms with Gasteiger partial charge in [0.05, 0.1) is 16.0 Å². The molecule has 0 radical (unpaired) electrons. The normalized spacial score (nSPS) is 10.7. The van der Waals surface area contributed by atoms with Crippen LogP contribution in [0.5, 0.6) is 0 Å². The molecule has 3 rings (SSSR count). The second-order valence-corrected chi connectivity index (χ2v) is 5.00. The number of carbonyl (C=O) groups excluding carboxylic acids is 1. The average molecular weight is 312 g/mol. The summed E-state index contributed by atoms with van der Waals surface area (Å²) in [5.74, 6) is -0.455. The van der Waals surface area contributed by atoms with Gasteiger partial charge in [-0.2, -0.15) is 0 Å². The number of imidazole rings is 1. The zero-order valence-electron chi connectivity index (χ0n) is 12.0. The molecule has 1 amide bonds. The number of carbonyl (C=O) groups is 1. The number of nitro groups is 1. The summed E-state index contributed by atoms with van der Waals surface area (Å²) in [6.07, 6.45) is 0. The van der Waals surface area contributed by atoms with Crippen LogP contribution in [0.3, 0.4) is 0 Å². The Balaban J connectivity index is 1.92. The molecule has 0 saturated heterocycles. The molecular formula is C15H12N4O4. The van der Waals surface area contributed by atoms with Crippen molar-refractivity contribution in [2.24, 2.45) is 0 Å². The maximum atomic E-state index is 12.3. The van der Waals surface area contributed by atoms with Crippen LogP contribution in [0.1, 0.15) is 15.9 Å². The Bertz CT molecular complexity index is 987.